The molecular weight excluding hydrogens is 250 g/mol. The van der Waals surface area contributed by atoms with Crippen molar-refractivity contribution in [3.63, 3.8) is 0 Å². The van der Waals surface area contributed by atoms with Crippen LogP contribution in [0.5, 0.6) is 0 Å². The predicted octanol–water partition coefficient (Wildman–Crippen LogP) is 2.51. The Labute approximate surface area is 97.7 Å². The van der Waals surface area contributed by atoms with E-state index in [1.807, 2.05) is 6.92 Å². The summed E-state index contributed by atoms with van der Waals surface area (Å²) in [5.41, 5.74) is 0. The van der Waals surface area contributed by atoms with Crippen molar-refractivity contribution in [2.24, 2.45) is 0 Å². The van der Waals surface area contributed by atoms with Gasteiger partial charge in [-0.25, -0.2) is 0 Å². The average molecular weight is 272 g/mol. The van der Waals surface area contributed by atoms with Crippen LogP contribution in [-0.2, 0) is 23.1 Å². The van der Waals surface area contributed by atoms with Gasteiger partial charge in [0.15, 0.2) is 0 Å². The second-order valence-electron chi connectivity index (χ2n) is 4.27. The van der Waals surface area contributed by atoms with Crippen LogP contribution in [0.1, 0.15) is 13.8 Å². The van der Waals surface area contributed by atoms with Crippen molar-refractivity contribution < 1.29 is 23.1 Å². The van der Waals surface area contributed by atoms with E-state index in [1.165, 1.54) is 13.8 Å². The Kier molecular flexibility index (Phi) is 5.37. The maximum atomic E-state index is 11.6. The van der Waals surface area contributed by atoms with Gasteiger partial charge in [0, 0.05) is 0 Å². The first-order valence-electron chi connectivity index (χ1n) is 5.44. The first kappa shape index (κ1) is 14.6. The number of ether oxygens (including phenoxy) is 2. The van der Waals surface area contributed by atoms with Crippen molar-refractivity contribution in [2.75, 3.05) is 39.0 Å². The van der Waals surface area contributed by atoms with Crippen LogP contribution in [0.15, 0.2) is 0 Å². The Morgan fingerprint density at radius 1 is 1.44 bits per heavy atom. The Hall–Kier alpha value is 0.500. The van der Waals surface area contributed by atoms with E-state index in [2.05, 4.69) is 6.92 Å². The molecule has 0 spiro atoms. The Morgan fingerprint density at radius 2 is 2.00 bits per heavy atom. The summed E-state index contributed by atoms with van der Waals surface area (Å²) in [4.78, 5) is 0. The molecule has 1 aliphatic rings. The Balaban J connectivity index is 2.51. The van der Waals surface area contributed by atoms with E-state index in [4.69, 9.17) is 18.5 Å². The van der Waals surface area contributed by atoms with Gasteiger partial charge < -0.3 is 0 Å². The van der Waals surface area contributed by atoms with Crippen LogP contribution in [0.2, 0.25) is 0 Å². The molecule has 0 aliphatic carbocycles. The minimum absolute atomic E-state index is 0.136. The molecular formula is C9H22O5P2. The van der Waals surface area contributed by atoms with Gasteiger partial charge in [-0.2, -0.15) is 0 Å². The van der Waals surface area contributed by atoms with Crippen LogP contribution < -0.4 is 0 Å². The van der Waals surface area contributed by atoms with Crippen molar-refractivity contribution in [1.82, 2.24) is 0 Å². The van der Waals surface area contributed by atoms with Crippen LogP contribution >= 0.6 is 14.9 Å². The molecule has 1 heterocycles. The van der Waals surface area contributed by atoms with E-state index < -0.39 is 14.9 Å². The van der Waals surface area contributed by atoms with Gasteiger partial charge in [-0.1, -0.05) is 0 Å². The van der Waals surface area contributed by atoms with Gasteiger partial charge >= 0.3 is 97.1 Å². The van der Waals surface area contributed by atoms with Gasteiger partial charge in [-0.3, -0.25) is 0 Å². The van der Waals surface area contributed by atoms with Gasteiger partial charge in [0.2, 0.25) is 0 Å². The molecule has 16 heavy (non-hydrogen) atoms. The van der Waals surface area contributed by atoms with Gasteiger partial charge in [0.05, 0.1) is 0 Å². The third kappa shape index (κ3) is 4.06. The third-order valence-corrected chi connectivity index (χ3v) is 8.25. The summed E-state index contributed by atoms with van der Waals surface area (Å²) in [5, 5.41) is 0. The van der Waals surface area contributed by atoms with E-state index in [1.54, 1.807) is 0 Å². The summed E-state index contributed by atoms with van der Waals surface area (Å²) in [5.74, 6) is 0. The van der Waals surface area contributed by atoms with Crippen LogP contribution in [0.3, 0.4) is 0 Å². The zero-order valence-electron chi connectivity index (χ0n) is 10.4. The van der Waals surface area contributed by atoms with E-state index >= 15 is 0 Å². The second-order valence-corrected chi connectivity index (χ2v) is 11.0. The van der Waals surface area contributed by atoms with E-state index in [-0.39, 0.29) is 6.29 Å². The number of hydrogen-bond donors (Lipinski definition) is 0. The second kappa shape index (κ2) is 5.90. The Morgan fingerprint density at radius 3 is 2.44 bits per heavy atom. The van der Waals surface area contributed by atoms with E-state index in [0.29, 0.717) is 19.0 Å². The zero-order chi connectivity index (χ0) is 12.2. The third-order valence-electron chi connectivity index (χ3n) is 2.94. The fourth-order valence-electron chi connectivity index (χ4n) is 1.37. The summed E-state index contributed by atoms with van der Waals surface area (Å²) >= 11 is 0. The molecule has 1 saturated heterocycles. The van der Waals surface area contributed by atoms with Crippen molar-refractivity contribution >= 4 is 14.9 Å². The molecule has 0 aromatic heterocycles. The predicted molar refractivity (Wildman–Crippen MR) is 66.7 cm³/mol. The molecule has 1 rings (SSSR count). The number of rotatable bonds is 5. The van der Waals surface area contributed by atoms with Gasteiger partial charge in [0.25, 0.3) is 0 Å². The van der Waals surface area contributed by atoms with Crippen molar-refractivity contribution in [3.8, 4) is 0 Å². The molecule has 7 heteroatoms. The molecule has 1 unspecified atom stereocenters. The van der Waals surface area contributed by atoms with E-state index in [0.717, 1.165) is 6.16 Å². The minimum atomic E-state index is -2.89. The summed E-state index contributed by atoms with van der Waals surface area (Å²) in [6.07, 6.45) is 2.73. The molecule has 0 aromatic rings. The molecule has 0 saturated carbocycles. The standard InChI is InChI=1S/C9H22O5P2/c1-5-16(6-12-9(2)13-7-16)8-14-15(4,10)11-3/h9,16H,5-8H2,1-4H3. The SMILES string of the molecule is CC[PH]1(COP(C)(=O)OC)COC(C)OC1. The van der Waals surface area contributed by atoms with Gasteiger partial charge in [-0.05, 0) is 0 Å². The fourth-order valence-corrected chi connectivity index (χ4v) is 5.55. The van der Waals surface area contributed by atoms with Gasteiger partial charge in [-0.15, -0.1) is 0 Å². The van der Waals surface area contributed by atoms with Crippen LogP contribution in [0.25, 0.3) is 0 Å². The topological polar surface area (TPSA) is 54.0 Å². The average Bonchev–Trinajstić information content (AvgIpc) is 2.29. The summed E-state index contributed by atoms with van der Waals surface area (Å²) in [7, 11) is -3.23. The van der Waals surface area contributed by atoms with Crippen LogP contribution in [0, 0.1) is 0 Å². The normalized spacial score (nSPS) is 30.6. The van der Waals surface area contributed by atoms with Crippen molar-refractivity contribution in [3.05, 3.63) is 0 Å². The molecule has 0 N–H and O–H groups in total. The molecule has 5 nitrogen and oxygen atoms in total. The van der Waals surface area contributed by atoms with Crippen LogP contribution in [-0.4, -0.2) is 45.3 Å². The first-order chi connectivity index (χ1) is 7.43. The molecule has 1 aliphatic heterocycles. The number of hydrogen-bond acceptors (Lipinski definition) is 5. The van der Waals surface area contributed by atoms with Crippen molar-refractivity contribution in [1.29, 1.82) is 0 Å². The molecule has 98 valence electrons. The van der Waals surface area contributed by atoms with Gasteiger partial charge in [0.1, 0.15) is 0 Å². The van der Waals surface area contributed by atoms with Crippen LogP contribution in [0.4, 0.5) is 0 Å². The summed E-state index contributed by atoms with van der Waals surface area (Å²) in [6, 6.07) is 0. The fraction of sp³-hybridized carbons (Fsp3) is 1.00. The zero-order valence-corrected chi connectivity index (χ0v) is 12.3. The van der Waals surface area contributed by atoms with Crippen molar-refractivity contribution in [2.45, 2.75) is 20.1 Å². The quantitative estimate of drug-likeness (QED) is 0.720. The molecule has 0 bridgehead atoms. The summed E-state index contributed by atoms with van der Waals surface area (Å²) in [6.45, 7) is 5.47. The molecule has 0 amide bonds. The molecule has 1 fully saturated rings. The Bertz CT molecular complexity index is 263. The molecule has 1 atom stereocenters. The van der Waals surface area contributed by atoms with E-state index in [9.17, 15) is 4.57 Å². The summed E-state index contributed by atoms with van der Waals surface area (Å²) < 4.78 is 32.9. The maximum absolute atomic E-state index is 11.6. The molecule has 0 aromatic carbocycles. The monoisotopic (exact) mass is 272 g/mol. The first-order valence-corrected chi connectivity index (χ1v) is 10.3. The molecule has 0 radical (unpaired) electrons.